The molecular formula is C20H18N2O4S. The highest BCUT2D eigenvalue weighted by molar-refractivity contribution is 7.12. The summed E-state index contributed by atoms with van der Waals surface area (Å²) >= 11 is 1.31. The van der Waals surface area contributed by atoms with Crippen LogP contribution in [0.15, 0.2) is 66.0 Å². The number of carbonyl (C=O) groups excluding carboxylic acids is 1. The number of carbonyl (C=O) groups is 1. The van der Waals surface area contributed by atoms with Gasteiger partial charge in [0.2, 0.25) is 0 Å². The Morgan fingerprint density at radius 2 is 1.89 bits per heavy atom. The van der Waals surface area contributed by atoms with Gasteiger partial charge in [-0.3, -0.25) is 14.9 Å². The van der Waals surface area contributed by atoms with Crippen LogP contribution in [0.3, 0.4) is 0 Å². The first-order chi connectivity index (χ1) is 13.0. The van der Waals surface area contributed by atoms with Gasteiger partial charge in [-0.05, 0) is 30.0 Å². The number of hydrogen-bond donors (Lipinski definition) is 1. The maximum Gasteiger partial charge on any atom is 0.310 e. The zero-order chi connectivity index (χ0) is 19.2. The van der Waals surface area contributed by atoms with Crippen molar-refractivity contribution in [1.82, 2.24) is 5.32 Å². The van der Waals surface area contributed by atoms with Crippen molar-refractivity contribution in [2.45, 2.75) is 19.6 Å². The van der Waals surface area contributed by atoms with Crippen LogP contribution >= 0.6 is 11.3 Å². The normalized spacial score (nSPS) is 11.6. The van der Waals surface area contributed by atoms with E-state index in [9.17, 15) is 14.9 Å². The molecule has 0 saturated heterocycles. The first-order valence-corrected chi connectivity index (χ1v) is 9.22. The number of nitro benzene ring substituents is 1. The van der Waals surface area contributed by atoms with Crippen molar-refractivity contribution in [2.75, 3.05) is 0 Å². The maximum absolute atomic E-state index is 12.4. The molecule has 0 aliphatic carbocycles. The fourth-order valence-electron chi connectivity index (χ4n) is 2.55. The number of rotatable bonds is 7. The largest absolute Gasteiger partial charge is 0.482 e. The summed E-state index contributed by atoms with van der Waals surface area (Å²) in [4.78, 5) is 23.5. The van der Waals surface area contributed by atoms with Crippen molar-refractivity contribution in [2.24, 2.45) is 0 Å². The van der Waals surface area contributed by atoms with Crippen LogP contribution in [0.2, 0.25) is 0 Å². The predicted molar refractivity (Wildman–Crippen MR) is 104 cm³/mol. The molecule has 3 rings (SSSR count). The van der Waals surface area contributed by atoms with E-state index in [4.69, 9.17) is 4.74 Å². The Hall–Kier alpha value is -3.19. The first kappa shape index (κ1) is 18.6. The minimum Gasteiger partial charge on any atom is -0.482 e. The number of hydrogen-bond acceptors (Lipinski definition) is 5. The topological polar surface area (TPSA) is 81.5 Å². The first-order valence-electron chi connectivity index (χ1n) is 8.34. The Labute approximate surface area is 160 Å². The van der Waals surface area contributed by atoms with Crippen molar-refractivity contribution in [3.8, 4) is 5.75 Å². The van der Waals surface area contributed by atoms with Crippen LogP contribution in [0.1, 0.15) is 33.8 Å². The third kappa shape index (κ3) is 4.71. The van der Waals surface area contributed by atoms with E-state index in [-0.39, 0.29) is 30.0 Å². The summed E-state index contributed by atoms with van der Waals surface area (Å²) in [5.41, 5.74) is 1.74. The molecule has 1 heterocycles. The zero-order valence-electron chi connectivity index (χ0n) is 14.6. The van der Waals surface area contributed by atoms with E-state index in [2.05, 4.69) is 5.32 Å². The SMILES string of the molecule is CC(NC(=O)c1cc(COc2ccccc2[N+](=O)[O-])cs1)c1ccccc1. The standard InChI is InChI=1S/C20H18N2O4S/c1-14(16-7-3-2-4-8-16)21-20(23)19-11-15(13-27-19)12-26-18-10-6-5-9-17(18)22(24)25/h2-11,13-14H,12H2,1H3,(H,21,23). The van der Waals surface area contributed by atoms with Gasteiger partial charge in [0.1, 0.15) is 6.61 Å². The summed E-state index contributed by atoms with van der Waals surface area (Å²) in [6, 6.07) is 17.6. The number of benzene rings is 2. The summed E-state index contributed by atoms with van der Waals surface area (Å²) in [6.07, 6.45) is 0. The van der Waals surface area contributed by atoms with Crippen LogP contribution in [-0.2, 0) is 6.61 Å². The Morgan fingerprint density at radius 3 is 2.63 bits per heavy atom. The van der Waals surface area contributed by atoms with Gasteiger partial charge in [-0.25, -0.2) is 0 Å². The zero-order valence-corrected chi connectivity index (χ0v) is 15.4. The highest BCUT2D eigenvalue weighted by Gasteiger charge is 2.16. The molecule has 1 aromatic heterocycles. The summed E-state index contributed by atoms with van der Waals surface area (Å²) in [7, 11) is 0. The van der Waals surface area contributed by atoms with Crippen molar-refractivity contribution >= 4 is 22.9 Å². The second-order valence-corrected chi connectivity index (χ2v) is 6.85. The van der Waals surface area contributed by atoms with Crippen molar-refractivity contribution in [1.29, 1.82) is 0 Å². The molecule has 0 spiro atoms. The summed E-state index contributed by atoms with van der Waals surface area (Å²) in [5.74, 6) is 0.0469. The molecule has 0 aliphatic rings. The molecule has 0 saturated carbocycles. The molecule has 1 atom stereocenters. The van der Waals surface area contributed by atoms with Crippen molar-refractivity contribution < 1.29 is 14.5 Å². The number of thiophene rings is 1. The van der Waals surface area contributed by atoms with Crippen molar-refractivity contribution in [3.05, 3.63) is 92.2 Å². The molecule has 6 nitrogen and oxygen atoms in total. The molecule has 138 valence electrons. The van der Waals surface area contributed by atoms with Gasteiger partial charge in [-0.2, -0.15) is 0 Å². The number of nitro groups is 1. The van der Waals surface area contributed by atoms with E-state index in [1.54, 1.807) is 24.3 Å². The van der Waals surface area contributed by atoms with Crippen LogP contribution in [0, 0.1) is 10.1 Å². The lowest BCUT2D eigenvalue weighted by atomic mass is 10.1. The van der Waals surface area contributed by atoms with E-state index in [1.165, 1.54) is 17.4 Å². The molecule has 0 aliphatic heterocycles. The molecule has 3 aromatic rings. The van der Waals surface area contributed by atoms with E-state index in [1.807, 2.05) is 42.6 Å². The molecule has 1 N–H and O–H groups in total. The van der Waals surface area contributed by atoms with Crippen LogP contribution in [0.5, 0.6) is 5.75 Å². The van der Waals surface area contributed by atoms with Crippen LogP contribution in [0.4, 0.5) is 5.69 Å². The Morgan fingerprint density at radius 1 is 1.19 bits per heavy atom. The fourth-order valence-corrected chi connectivity index (χ4v) is 3.35. The smallest absolute Gasteiger partial charge is 0.310 e. The molecule has 1 unspecified atom stereocenters. The number of nitrogens with zero attached hydrogens (tertiary/aromatic N) is 1. The molecule has 2 aromatic carbocycles. The number of para-hydroxylation sites is 2. The number of nitrogens with one attached hydrogen (secondary N) is 1. The lowest BCUT2D eigenvalue weighted by Crippen LogP contribution is -2.25. The van der Waals surface area contributed by atoms with Gasteiger partial charge in [-0.15, -0.1) is 11.3 Å². The summed E-state index contributed by atoms with van der Waals surface area (Å²) < 4.78 is 5.56. The summed E-state index contributed by atoms with van der Waals surface area (Å²) in [5, 5.41) is 15.8. The lowest BCUT2D eigenvalue weighted by molar-refractivity contribution is -0.385. The maximum atomic E-state index is 12.4. The van der Waals surface area contributed by atoms with Crippen LogP contribution in [0.25, 0.3) is 0 Å². The van der Waals surface area contributed by atoms with Gasteiger partial charge < -0.3 is 10.1 Å². The third-order valence-electron chi connectivity index (χ3n) is 3.98. The van der Waals surface area contributed by atoms with E-state index < -0.39 is 4.92 Å². The van der Waals surface area contributed by atoms with E-state index in [0.29, 0.717) is 4.88 Å². The summed E-state index contributed by atoms with van der Waals surface area (Å²) in [6.45, 7) is 2.09. The molecule has 0 bridgehead atoms. The molecule has 7 heteroatoms. The second-order valence-electron chi connectivity index (χ2n) is 5.94. The van der Waals surface area contributed by atoms with Gasteiger partial charge in [0.15, 0.2) is 5.75 Å². The van der Waals surface area contributed by atoms with Gasteiger partial charge in [0.05, 0.1) is 15.8 Å². The number of ether oxygens (including phenoxy) is 1. The molecular weight excluding hydrogens is 364 g/mol. The van der Waals surface area contributed by atoms with E-state index in [0.717, 1.165) is 11.1 Å². The average molecular weight is 382 g/mol. The average Bonchev–Trinajstić information content (AvgIpc) is 3.16. The monoisotopic (exact) mass is 382 g/mol. The van der Waals surface area contributed by atoms with Crippen molar-refractivity contribution in [3.63, 3.8) is 0 Å². The fraction of sp³-hybridized carbons (Fsp3) is 0.150. The highest BCUT2D eigenvalue weighted by Crippen LogP contribution is 2.27. The Bertz CT molecular complexity index is 940. The Kier molecular flexibility index (Phi) is 5.83. The van der Waals surface area contributed by atoms with Gasteiger partial charge in [0, 0.05) is 11.6 Å². The van der Waals surface area contributed by atoms with Crippen LogP contribution in [-0.4, -0.2) is 10.8 Å². The van der Waals surface area contributed by atoms with Gasteiger partial charge in [0.25, 0.3) is 5.91 Å². The predicted octanol–water partition coefficient (Wildman–Crippen LogP) is 4.73. The minimum atomic E-state index is -0.479. The lowest BCUT2D eigenvalue weighted by Gasteiger charge is -2.13. The quantitative estimate of drug-likeness (QED) is 0.473. The van der Waals surface area contributed by atoms with Crippen LogP contribution < -0.4 is 10.1 Å². The van der Waals surface area contributed by atoms with Gasteiger partial charge in [-0.1, -0.05) is 42.5 Å². The minimum absolute atomic E-state index is 0.0811. The highest BCUT2D eigenvalue weighted by atomic mass is 32.1. The Balaban J connectivity index is 1.61. The number of amides is 1. The second kappa shape index (κ2) is 8.46. The molecule has 0 fully saturated rings. The van der Waals surface area contributed by atoms with E-state index >= 15 is 0 Å². The molecule has 0 radical (unpaired) electrons. The third-order valence-corrected chi connectivity index (χ3v) is 4.96. The van der Waals surface area contributed by atoms with Gasteiger partial charge >= 0.3 is 5.69 Å². The molecule has 1 amide bonds. The molecule has 27 heavy (non-hydrogen) atoms.